The van der Waals surface area contributed by atoms with Gasteiger partial charge in [-0.25, -0.2) is 4.39 Å². The Hall–Kier alpha value is -0.850. The molecule has 12 heavy (non-hydrogen) atoms. The van der Waals surface area contributed by atoms with Gasteiger partial charge in [0.2, 0.25) is 0 Å². The van der Waals surface area contributed by atoms with E-state index in [0.29, 0.717) is 6.29 Å². The van der Waals surface area contributed by atoms with Crippen molar-refractivity contribution in [2.75, 3.05) is 0 Å². The van der Waals surface area contributed by atoms with E-state index in [0.717, 1.165) is 6.07 Å². The first kappa shape index (κ1) is 9.24. The highest BCUT2D eigenvalue weighted by atomic mass is 127. The number of hydrogen-bond acceptors (Lipinski definition) is 3. The van der Waals surface area contributed by atoms with Gasteiger partial charge < -0.3 is 0 Å². The third-order valence-electron chi connectivity index (χ3n) is 1.29. The van der Waals surface area contributed by atoms with Crippen LogP contribution in [0.1, 0.15) is 10.4 Å². The predicted molar refractivity (Wildman–Crippen MR) is 50.0 cm³/mol. The average molecular weight is 279 g/mol. The summed E-state index contributed by atoms with van der Waals surface area (Å²) in [6.07, 6.45) is 0.399. The van der Waals surface area contributed by atoms with Crippen LogP contribution < -0.4 is 0 Å². The lowest BCUT2D eigenvalue weighted by molar-refractivity contribution is 0.112. The minimum Gasteiger partial charge on any atom is -0.298 e. The standard InChI is InChI=1S/C7H3FINO2/c8-5-1-4(3-11)7(10-12)2-6(5)9/h1-3H. The number of nitroso groups, excluding NO2 is 1. The number of hydrogen-bond donors (Lipinski definition) is 0. The first-order chi connectivity index (χ1) is 5.69. The zero-order valence-corrected chi connectivity index (χ0v) is 7.91. The van der Waals surface area contributed by atoms with Gasteiger partial charge in [-0.2, -0.15) is 0 Å². The molecule has 0 amide bonds. The number of benzene rings is 1. The lowest BCUT2D eigenvalue weighted by atomic mass is 10.2. The lowest BCUT2D eigenvalue weighted by Crippen LogP contribution is -1.87. The molecule has 0 aliphatic heterocycles. The molecule has 0 atom stereocenters. The largest absolute Gasteiger partial charge is 0.298 e. The van der Waals surface area contributed by atoms with Gasteiger partial charge >= 0.3 is 0 Å². The molecule has 0 N–H and O–H groups in total. The molecule has 0 unspecified atom stereocenters. The Morgan fingerprint density at radius 3 is 2.67 bits per heavy atom. The smallest absolute Gasteiger partial charge is 0.152 e. The van der Waals surface area contributed by atoms with Gasteiger partial charge in [-0.1, -0.05) is 0 Å². The van der Waals surface area contributed by atoms with Gasteiger partial charge in [0.1, 0.15) is 11.5 Å². The summed E-state index contributed by atoms with van der Waals surface area (Å²) in [7, 11) is 0. The van der Waals surface area contributed by atoms with Crippen LogP contribution in [-0.4, -0.2) is 6.29 Å². The molecule has 0 bridgehead atoms. The molecule has 0 aromatic heterocycles. The van der Waals surface area contributed by atoms with Crippen LogP contribution in [0.3, 0.4) is 0 Å². The van der Waals surface area contributed by atoms with Crippen molar-refractivity contribution in [1.29, 1.82) is 0 Å². The fourth-order valence-corrected chi connectivity index (χ4v) is 1.18. The molecule has 0 aliphatic rings. The monoisotopic (exact) mass is 279 g/mol. The summed E-state index contributed by atoms with van der Waals surface area (Å²) in [5.41, 5.74) is -0.0567. The van der Waals surface area contributed by atoms with Crippen LogP contribution in [0.2, 0.25) is 0 Å². The first-order valence-corrected chi connectivity index (χ1v) is 4.04. The summed E-state index contributed by atoms with van der Waals surface area (Å²) in [5.74, 6) is -0.523. The molecule has 0 heterocycles. The second-order valence-corrected chi connectivity index (χ2v) is 3.20. The van der Waals surface area contributed by atoms with E-state index in [2.05, 4.69) is 5.18 Å². The van der Waals surface area contributed by atoms with E-state index in [1.54, 1.807) is 22.6 Å². The highest BCUT2D eigenvalue weighted by molar-refractivity contribution is 14.1. The van der Waals surface area contributed by atoms with Gasteiger partial charge in [-0.3, -0.25) is 4.79 Å². The molecule has 0 radical (unpaired) electrons. The Bertz CT molecular complexity index is 307. The summed E-state index contributed by atoms with van der Waals surface area (Å²) < 4.78 is 13.0. The van der Waals surface area contributed by atoms with Crippen molar-refractivity contribution in [3.63, 3.8) is 0 Å². The molecule has 3 nitrogen and oxygen atoms in total. The molecule has 0 saturated heterocycles. The molecule has 0 saturated carbocycles. The van der Waals surface area contributed by atoms with Gasteiger partial charge in [0.25, 0.3) is 0 Å². The molecule has 62 valence electrons. The maximum Gasteiger partial charge on any atom is 0.152 e. The Labute approximate surface area is 81.1 Å². The number of rotatable bonds is 2. The first-order valence-electron chi connectivity index (χ1n) is 2.96. The van der Waals surface area contributed by atoms with Crippen molar-refractivity contribution >= 4 is 34.6 Å². The van der Waals surface area contributed by atoms with Crippen LogP contribution in [0, 0.1) is 14.3 Å². The fraction of sp³-hybridized carbons (Fsp3) is 0. The number of carbonyl (C=O) groups excluding carboxylic acids is 1. The molecular formula is C7H3FINO2. The molecule has 0 fully saturated rings. The van der Waals surface area contributed by atoms with Gasteiger partial charge in [0.15, 0.2) is 6.29 Å². The normalized spacial score (nSPS) is 9.50. The van der Waals surface area contributed by atoms with Crippen molar-refractivity contribution < 1.29 is 9.18 Å². The van der Waals surface area contributed by atoms with Crippen molar-refractivity contribution in [1.82, 2.24) is 0 Å². The van der Waals surface area contributed by atoms with Gasteiger partial charge in [-0.15, -0.1) is 4.91 Å². The van der Waals surface area contributed by atoms with Crippen molar-refractivity contribution in [2.45, 2.75) is 0 Å². The van der Waals surface area contributed by atoms with E-state index in [1.807, 2.05) is 0 Å². The molecule has 5 heteroatoms. The van der Waals surface area contributed by atoms with Crippen LogP contribution in [0.15, 0.2) is 17.3 Å². The molecule has 1 aromatic rings. The topological polar surface area (TPSA) is 46.5 Å². The second-order valence-electron chi connectivity index (χ2n) is 2.03. The molecular weight excluding hydrogens is 276 g/mol. The number of halogens is 2. The number of carbonyl (C=O) groups is 1. The second kappa shape index (κ2) is 3.70. The van der Waals surface area contributed by atoms with Crippen LogP contribution in [0.5, 0.6) is 0 Å². The van der Waals surface area contributed by atoms with E-state index in [9.17, 15) is 14.1 Å². The quantitative estimate of drug-likeness (QED) is 0.474. The van der Waals surface area contributed by atoms with Gasteiger partial charge in [-0.05, 0) is 39.9 Å². The van der Waals surface area contributed by atoms with E-state index in [4.69, 9.17) is 0 Å². The summed E-state index contributed by atoms with van der Waals surface area (Å²) in [4.78, 5) is 20.4. The minimum absolute atomic E-state index is 0.0251. The van der Waals surface area contributed by atoms with Gasteiger partial charge in [0.05, 0.1) is 3.57 Å². The molecule has 1 rings (SSSR count). The summed E-state index contributed by atoms with van der Waals surface area (Å²) in [6.45, 7) is 0. The predicted octanol–water partition coefficient (Wildman–Crippen LogP) is 2.64. The molecule has 0 spiro atoms. The Balaban J connectivity index is 3.37. The number of aldehydes is 1. The SMILES string of the molecule is O=Cc1cc(F)c(I)cc1N=O. The van der Waals surface area contributed by atoms with Crippen LogP contribution in [-0.2, 0) is 0 Å². The minimum atomic E-state index is -0.523. The van der Waals surface area contributed by atoms with Crippen molar-refractivity contribution in [3.05, 3.63) is 32.0 Å². The van der Waals surface area contributed by atoms with Crippen LogP contribution in [0.4, 0.5) is 10.1 Å². The Kier molecular flexibility index (Phi) is 2.85. The fourth-order valence-electron chi connectivity index (χ4n) is 0.725. The maximum absolute atomic E-state index is 12.8. The zero-order valence-electron chi connectivity index (χ0n) is 5.75. The molecule has 0 aliphatic carbocycles. The highest BCUT2D eigenvalue weighted by Crippen LogP contribution is 2.22. The van der Waals surface area contributed by atoms with E-state index in [1.165, 1.54) is 6.07 Å². The third kappa shape index (κ3) is 1.66. The van der Waals surface area contributed by atoms with E-state index >= 15 is 0 Å². The van der Waals surface area contributed by atoms with Crippen molar-refractivity contribution in [2.24, 2.45) is 5.18 Å². The molecule has 1 aromatic carbocycles. The van der Waals surface area contributed by atoms with Gasteiger partial charge in [0, 0.05) is 5.56 Å². The highest BCUT2D eigenvalue weighted by Gasteiger charge is 2.07. The van der Waals surface area contributed by atoms with Crippen LogP contribution >= 0.6 is 22.6 Å². The van der Waals surface area contributed by atoms with Crippen LogP contribution in [0.25, 0.3) is 0 Å². The van der Waals surface area contributed by atoms with E-state index in [-0.39, 0.29) is 14.8 Å². The van der Waals surface area contributed by atoms with E-state index < -0.39 is 5.82 Å². The average Bonchev–Trinajstić information content (AvgIpc) is 2.09. The number of nitrogens with zero attached hydrogens (tertiary/aromatic N) is 1. The Morgan fingerprint density at radius 2 is 2.17 bits per heavy atom. The Morgan fingerprint density at radius 1 is 1.50 bits per heavy atom. The third-order valence-corrected chi connectivity index (χ3v) is 2.12. The zero-order chi connectivity index (χ0) is 9.14. The van der Waals surface area contributed by atoms with Crippen molar-refractivity contribution in [3.8, 4) is 0 Å². The maximum atomic E-state index is 12.8. The summed E-state index contributed by atoms with van der Waals surface area (Å²) in [5, 5.41) is 2.59. The summed E-state index contributed by atoms with van der Waals surface area (Å²) >= 11 is 1.72. The summed E-state index contributed by atoms with van der Waals surface area (Å²) in [6, 6.07) is 2.22. The lowest BCUT2D eigenvalue weighted by Gasteiger charge is -1.97.